The second-order valence-corrected chi connectivity index (χ2v) is 7.84. The summed E-state index contributed by atoms with van der Waals surface area (Å²) in [7, 11) is 0. The average molecular weight is 383 g/mol. The number of aromatic nitrogens is 5. The molecule has 3 aromatic rings. The summed E-state index contributed by atoms with van der Waals surface area (Å²) in [5.41, 5.74) is 0.966. The summed E-state index contributed by atoms with van der Waals surface area (Å²) in [6.07, 6.45) is 5.34. The lowest BCUT2D eigenvalue weighted by Gasteiger charge is -2.32. The van der Waals surface area contributed by atoms with Gasteiger partial charge < -0.3 is 10.2 Å². The molecule has 27 heavy (non-hydrogen) atoms. The first-order chi connectivity index (χ1) is 13.1. The van der Waals surface area contributed by atoms with Crippen molar-refractivity contribution in [1.82, 2.24) is 25.0 Å². The summed E-state index contributed by atoms with van der Waals surface area (Å²) in [6, 6.07) is 5.66. The van der Waals surface area contributed by atoms with Gasteiger partial charge >= 0.3 is 0 Å². The second-order valence-electron chi connectivity index (χ2n) is 6.64. The molecule has 1 fully saturated rings. The van der Waals surface area contributed by atoms with Crippen LogP contribution in [0.5, 0.6) is 0 Å². The van der Waals surface area contributed by atoms with E-state index >= 15 is 0 Å². The van der Waals surface area contributed by atoms with E-state index in [1.807, 2.05) is 38.2 Å². The zero-order valence-corrected chi connectivity index (χ0v) is 16.1. The van der Waals surface area contributed by atoms with Crippen LogP contribution in [0.3, 0.4) is 0 Å². The molecule has 1 unspecified atom stereocenters. The van der Waals surface area contributed by atoms with E-state index in [4.69, 9.17) is 0 Å². The fourth-order valence-electron chi connectivity index (χ4n) is 3.15. The van der Waals surface area contributed by atoms with Crippen molar-refractivity contribution in [2.45, 2.75) is 26.7 Å². The van der Waals surface area contributed by atoms with Crippen LogP contribution in [0.4, 0.5) is 10.9 Å². The van der Waals surface area contributed by atoms with Gasteiger partial charge in [0.15, 0.2) is 16.8 Å². The van der Waals surface area contributed by atoms with Gasteiger partial charge in [0.05, 0.1) is 11.6 Å². The van der Waals surface area contributed by atoms with Gasteiger partial charge in [-0.3, -0.25) is 4.79 Å². The minimum Gasteiger partial charge on any atom is -0.354 e. The van der Waals surface area contributed by atoms with Gasteiger partial charge in [0.25, 0.3) is 0 Å². The quantitative estimate of drug-likeness (QED) is 0.745. The van der Waals surface area contributed by atoms with E-state index in [-0.39, 0.29) is 11.8 Å². The number of hydrogen-bond acceptors (Lipinski definition) is 7. The van der Waals surface area contributed by atoms with Crippen LogP contribution in [-0.2, 0) is 4.79 Å². The number of nitrogens with zero attached hydrogens (tertiary/aromatic N) is 6. The van der Waals surface area contributed by atoms with Crippen molar-refractivity contribution in [3.63, 3.8) is 0 Å². The van der Waals surface area contributed by atoms with E-state index in [1.165, 1.54) is 11.3 Å². The van der Waals surface area contributed by atoms with E-state index in [0.29, 0.717) is 17.5 Å². The molecule has 3 aromatic heterocycles. The lowest BCUT2D eigenvalue weighted by atomic mass is 9.97. The molecule has 1 aliphatic rings. The Morgan fingerprint density at radius 2 is 2.07 bits per heavy atom. The second kappa shape index (κ2) is 7.43. The van der Waals surface area contributed by atoms with Crippen LogP contribution in [0.2, 0.25) is 0 Å². The number of nitrogens with one attached hydrogen (secondary N) is 1. The Hall–Kier alpha value is -2.81. The standard InChI is InChI=1S/C18H21N7OS/c1-12-13(2)27-18(20-12)21-17(26)14-5-3-9-24(11-14)15-6-7-16(23-22-15)25-10-4-8-19-25/h4,6-8,10,14H,3,5,9,11H2,1-2H3,(H,20,21,26). The molecule has 0 radical (unpaired) electrons. The number of hydrogen-bond donors (Lipinski definition) is 1. The first kappa shape index (κ1) is 17.6. The summed E-state index contributed by atoms with van der Waals surface area (Å²) in [4.78, 5) is 20.3. The van der Waals surface area contributed by atoms with E-state index in [1.54, 1.807) is 10.9 Å². The van der Waals surface area contributed by atoms with Crippen LogP contribution in [-0.4, -0.2) is 44.0 Å². The molecular formula is C18H21N7OS. The molecule has 0 aromatic carbocycles. The molecule has 4 rings (SSSR count). The lowest BCUT2D eigenvalue weighted by Crippen LogP contribution is -2.41. The van der Waals surface area contributed by atoms with Gasteiger partial charge in [-0.1, -0.05) is 0 Å². The molecule has 0 aliphatic carbocycles. The Labute approximate surface area is 161 Å². The highest BCUT2D eigenvalue weighted by Crippen LogP contribution is 2.25. The first-order valence-corrected chi connectivity index (χ1v) is 9.75. The van der Waals surface area contributed by atoms with Crippen molar-refractivity contribution in [3.05, 3.63) is 41.2 Å². The van der Waals surface area contributed by atoms with Gasteiger partial charge in [0.1, 0.15) is 0 Å². The van der Waals surface area contributed by atoms with Crippen molar-refractivity contribution in [1.29, 1.82) is 0 Å². The van der Waals surface area contributed by atoms with E-state index < -0.39 is 0 Å². The zero-order valence-electron chi connectivity index (χ0n) is 15.3. The van der Waals surface area contributed by atoms with Crippen molar-refractivity contribution >= 4 is 28.2 Å². The van der Waals surface area contributed by atoms with Gasteiger partial charge in [-0.05, 0) is 44.9 Å². The third-order valence-electron chi connectivity index (χ3n) is 4.75. The van der Waals surface area contributed by atoms with Gasteiger partial charge in [0.2, 0.25) is 5.91 Å². The largest absolute Gasteiger partial charge is 0.354 e. The Balaban J connectivity index is 1.42. The van der Waals surface area contributed by atoms with Crippen LogP contribution in [0, 0.1) is 19.8 Å². The molecule has 1 amide bonds. The maximum absolute atomic E-state index is 12.7. The highest BCUT2D eigenvalue weighted by atomic mass is 32.1. The number of carbonyl (C=O) groups excluding carboxylic acids is 1. The molecule has 1 N–H and O–H groups in total. The fourth-order valence-corrected chi connectivity index (χ4v) is 3.96. The first-order valence-electron chi connectivity index (χ1n) is 8.94. The molecule has 1 saturated heterocycles. The number of rotatable bonds is 4. The van der Waals surface area contributed by atoms with Crippen LogP contribution in [0.25, 0.3) is 5.82 Å². The molecule has 0 bridgehead atoms. The number of aryl methyl sites for hydroxylation is 2. The lowest BCUT2D eigenvalue weighted by molar-refractivity contribution is -0.120. The van der Waals surface area contributed by atoms with Gasteiger partial charge in [0, 0.05) is 30.4 Å². The summed E-state index contributed by atoms with van der Waals surface area (Å²) in [5.74, 6) is 1.39. The van der Waals surface area contributed by atoms with Crippen molar-refractivity contribution < 1.29 is 4.79 Å². The Bertz CT molecular complexity index is 900. The molecule has 1 aliphatic heterocycles. The van der Waals surface area contributed by atoms with Gasteiger partial charge in [-0.15, -0.1) is 21.5 Å². The van der Waals surface area contributed by atoms with Crippen LogP contribution >= 0.6 is 11.3 Å². The van der Waals surface area contributed by atoms with E-state index in [2.05, 4.69) is 30.5 Å². The van der Waals surface area contributed by atoms with Gasteiger partial charge in [-0.2, -0.15) is 5.10 Å². The Kier molecular flexibility index (Phi) is 4.85. The highest BCUT2D eigenvalue weighted by Gasteiger charge is 2.27. The third kappa shape index (κ3) is 3.82. The average Bonchev–Trinajstić information content (AvgIpc) is 3.32. The molecule has 9 heteroatoms. The normalized spacial score (nSPS) is 17.1. The summed E-state index contributed by atoms with van der Waals surface area (Å²) in [5, 5.41) is 16.4. The zero-order chi connectivity index (χ0) is 18.8. The number of piperidine rings is 1. The molecule has 140 valence electrons. The number of amides is 1. The van der Waals surface area contributed by atoms with Crippen LogP contribution in [0.1, 0.15) is 23.4 Å². The highest BCUT2D eigenvalue weighted by molar-refractivity contribution is 7.15. The van der Waals surface area contributed by atoms with Crippen molar-refractivity contribution in [2.75, 3.05) is 23.3 Å². The minimum atomic E-state index is -0.0872. The monoisotopic (exact) mass is 383 g/mol. The predicted octanol–water partition coefficient (Wildman–Crippen LogP) is 2.59. The van der Waals surface area contributed by atoms with E-state index in [9.17, 15) is 4.79 Å². The SMILES string of the molecule is Cc1nc(NC(=O)C2CCCN(c3ccc(-n4cccn4)nn3)C2)sc1C. The number of thiazole rings is 1. The summed E-state index contributed by atoms with van der Waals surface area (Å²) < 4.78 is 1.67. The maximum Gasteiger partial charge on any atom is 0.231 e. The topological polar surface area (TPSA) is 88.8 Å². The molecule has 1 atom stereocenters. The molecule has 8 nitrogen and oxygen atoms in total. The van der Waals surface area contributed by atoms with Crippen molar-refractivity contribution in [3.8, 4) is 5.82 Å². The summed E-state index contributed by atoms with van der Waals surface area (Å²) >= 11 is 1.52. The molecule has 0 spiro atoms. The molecule has 4 heterocycles. The summed E-state index contributed by atoms with van der Waals surface area (Å²) in [6.45, 7) is 5.46. The van der Waals surface area contributed by atoms with Crippen LogP contribution < -0.4 is 10.2 Å². The Morgan fingerprint density at radius 1 is 1.26 bits per heavy atom. The predicted molar refractivity (Wildman–Crippen MR) is 104 cm³/mol. The Morgan fingerprint density at radius 3 is 2.74 bits per heavy atom. The smallest absolute Gasteiger partial charge is 0.231 e. The van der Waals surface area contributed by atoms with Crippen LogP contribution in [0.15, 0.2) is 30.6 Å². The number of anilines is 2. The number of carbonyl (C=O) groups is 1. The van der Waals surface area contributed by atoms with Gasteiger partial charge in [-0.25, -0.2) is 9.67 Å². The maximum atomic E-state index is 12.7. The molecule has 0 saturated carbocycles. The third-order valence-corrected chi connectivity index (χ3v) is 5.74. The van der Waals surface area contributed by atoms with E-state index in [0.717, 1.165) is 35.8 Å². The minimum absolute atomic E-state index is 0.0228. The fraction of sp³-hybridized carbons (Fsp3) is 0.389. The van der Waals surface area contributed by atoms with Crippen molar-refractivity contribution in [2.24, 2.45) is 5.92 Å². The molecular weight excluding hydrogens is 362 g/mol.